The zero-order valence-electron chi connectivity index (χ0n) is 19.4. The Bertz CT molecular complexity index is 1170. The van der Waals surface area contributed by atoms with Crippen LogP contribution in [0.25, 0.3) is 11.1 Å². The van der Waals surface area contributed by atoms with Crippen LogP contribution in [0.4, 0.5) is 4.79 Å². The Hall–Kier alpha value is -4.13. The van der Waals surface area contributed by atoms with Crippen molar-refractivity contribution < 1.29 is 24.2 Å². The van der Waals surface area contributed by atoms with E-state index < -0.39 is 30.1 Å². The Labute approximate surface area is 204 Å². The molecule has 3 aromatic rings. The van der Waals surface area contributed by atoms with Gasteiger partial charge in [0, 0.05) is 5.92 Å². The molecule has 2 amide bonds. The van der Waals surface area contributed by atoms with E-state index in [0.717, 1.165) is 27.8 Å². The van der Waals surface area contributed by atoms with E-state index in [1.54, 1.807) is 0 Å². The van der Waals surface area contributed by atoms with Crippen LogP contribution in [0, 0.1) is 0 Å². The molecule has 3 N–H and O–H groups in total. The summed E-state index contributed by atoms with van der Waals surface area (Å²) in [4.78, 5) is 36.7. The molecule has 1 aliphatic carbocycles. The lowest BCUT2D eigenvalue weighted by atomic mass is 9.98. The van der Waals surface area contributed by atoms with Crippen molar-refractivity contribution in [3.05, 3.63) is 95.6 Å². The van der Waals surface area contributed by atoms with Crippen molar-refractivity contribution in [2.75, 3.05) is 6.61 Å². The third-order valence-corrected chi connectivity index (χ3v) is 6.25. The lowest BCUT2D eigenvalue weighted by Crippen LogP contribution is -2.51. The second-order valence-electron chi connectivity index (χ2n) is 8.62. The molecule has 35 heavy (non-hydrogen) atoms. The highest BCUT2D eigenvalue weighted by atomic mass is 16.5. The Kier molecular flexibility index (Phi) is 7.45. The molecular weight excluding hydrogens is 444 g/mol. The Morgan fingerprint density at radius 2 is 1.43 bits per heavy atom. The lowest BCUT2D eigenvalue weighted by Gasteiger charge is -2.21. The van der Waals surface area contributed by atoms with Crippen LogP contribution >= 0.6 is 0 Å². The van der Waals surface area contributed by atoms with Gasteiger partial charge < -0.3 is 20.5 Å². The van der Waals surface area contributed by atoms with Crippen molar-refractivity contribution in [2.24, 2.45) is 0 Å². The van der Waals surface area contributed by atoms with Crippen LogP contribution < -0.4 is 10.6 Å². The van der Waals surface area contributed by atoms with Gasteiger partial charge in [0.05, 0.1) is 0 Å². The van der Waals surface area contributed by atoms with Gasteiger partial charge in [-0.05, 0) is 47.6 Å². The molecule has 0 fully saturated rings. The first-order valence-electron chi connectivity index (χ1n) is 11.6. The predicted molar refractivity (Wildman–Crippen MR) is 132 cm³/mol. The number of hydrogen-bond donors (Lipinski definition) is 3. The summed E-state index contributed by atoms with van der Waals surface area (Å²) in [6, 6.07) is 23.6. The zero-order chi connectivity index (χ0) is 24.8. The van der Waals surface area contributed by atoms with Gasteiger partial charge in [0.2, 0.25) is 5.91 Å². The third kappa shape index (κ3) is 5.69. The number of aliphatic carboxylic acids is 1. The number of aryl methyl sites for hydroxylation is 1. The summed E-state index contributed by atoms with van der Waals surface area (Å²) in [5.41, 5.74) is 5.44. The summed E-state index contributed by atoms with van der Waals surface area (Å²) in [6.45, 7) is 1.50. The number of benzene rings is 3. The molecule has 1 aliphatic rings. The summed E-state index contributed by atoms with van der Waals surface area (Å²) in [5.74, 6) is -1.82. The first-order valence-corrected chi connectivity index (χ1v) is 11.6. The van der Waals surface area contributed by atoms with Gasteiger partial charge >= 0.3 is 12.1 Å². The molecule has 1 unspecified atom stereocenters. The number of ether oxygens (including phenoxy) is 1. The molecule has 0 saturated carbocycles. The van der Waals surface area contributed by atoms with Crippen molar-refractivity contribution in [3.63, 3.8) is 0 Å². The molecule has 0 heterocycles. The molecule has 0 aliphatic heterocycles. The smallest absolute Gasteiger partial charge is 0.407 e. The van der Waals surface area contributed by atoms with E-state index >= 15 is 0 Å². The third-order valence-electron chi connectivity index (χ3n) is 6.25. The number of alkyl carbamates (subject to hydrolysis) is 1. The van der Waals surface area contributed by atoms with Crippen molar-refractivity contribution in [3.8, 4) is 11.1 Å². The van der Waals surface area contributed by atoms with Crippen LogP contribution in [0.3, 0.4) is 0 Å². The van der Waals surface area contributed by atoms with Gasteiger partial charge in [0.15, 0.2) is 0 Å². The second-order valence-corrected chi connectivity index (χ2v) is 8.62. The maximum Gasteiger partial charge on any atom is 0.407 e. The van der Waals surface area contributed by atoms with E-state index in [1.165, 1.54) is 6.92 Å². The summed E-state index contributed by atoms with van der Waals surface area (Å²) in [7, 11) is 0. The average molecular weight is 473 g/mol. The molecule has 0 bridgehead atoms. The zero-order valence-corrected chi connectivity index (χ0v) is 19.4. The van der Waals surface area contributed by atoms with Crippen LogP contribution in [0.5, 0.6) is 0 Å². The molecule has 7 nitrogen and oxygen atoms in total. The number of carbonyl (C=O) groups is 3. The molecule has 4 rings (SSSR count). The van der Waals surface area contributed by atoms with Crippen LogP contribution in [0.2, 0.25) is 0 Å². The highest BCUT2D eigenvalue weighted by Crippen LogP contribution is 2.44. The Balaban J connectivity index is 1.42. The van der Waals surface area contributed by atoms with Crippen molar-refractivity contribution in [1.29, 1.82) is 0 Å². The van der Waals surface area contributed by atoms with Crippen molar-refractivity contribution in [1.82, 2.24) is 10.6 Å². The quantitative estimate of drug-likeness (QED) is 0.435. The number of carboxylic acid groups (broad SMARTS) is 1. The molecule has 7 heteroatoms. The maximum atomic E-state index is 12.8. The number of amides is 2. The van der Waals surface area contributed by atoms with E-state index in [9.17, 15) is 14.4 Å². The molecule has 180 valence electrons. The summed E-state index contributed by atoms with van der Waals surface area (Å²) < 4.78 is 5.58. The molecule has 2 atom stereocenters. The van der Waals surface area contributed by atoms with Crippen LogP contribution in [-0.2, 0) is 20.7 Å². The minimum absolute atomic E-state index is 0.100. The summed E-state index contributed by atoms with van der Waals surface area (Å²) in [5, 5.41) is 14.2. The number of fused-ring (bicyclic) bond motifs is 3. The van der Waals surface area contributed by atoms with Crippen LogP contribution in [-0.4, -0.2) is 41.8 Å². The van der Waals surface area contributed by atoms with Gasteiger partial charge in [-0.3, -0.25) is 9.59 Å². The topological polar surface area (TPSA) is 105 Å². The molecule has 0 saturated heterocycles. The first kappa shape index (κ1) is 24.0. The fourth-order valence-corrected chi connectivity index (χ4v) is 4.38. The second kappa shape index (κ2) is 10.9. The fourth-order valence-electron chi connectivity index (χ4n) is 4.38. The van der Waals surface area contributed by atoms with E-state index in [4.69, 9.17) is 9.84 Å². The summed E-state index contributed by atoms with van der Waals surface area (Å²) in [6.07, 6.45) is 0.110. The molecular formula is C28H28N2O5. The monoisotopic (exact) mass is 472 g/mol. The van der Waals surface area contributed by atoms with Crippen LogP contribution in [0.15, 0.2) is 78.9 Å². The van der Waals surface area contributed by atoms with Crippen molar-refractivity contribution in [2.45, 2.75) is 37.8 Å². The van der Waals surface area contributed by atoms with E-state index in [1.807, 2.05) is 66.7 Å². The number of hydrogen-bond acceptors (Lipinski definition) is 4. The first-order chi connectivity index (χ1) is 16.9. The van der Waals surface area contributed by atoms with Crippen LogP contribution in [0.1, 0.15) is 36.0 Å². The predicted octanol–water partition coefficient (Wildman–Crippen LogP) is 4.12. The molecule has 3 aromatic carbocycles. The van der Waals surface area contributed by atoms with E-state index in [-0.39, 0.29) is 12.5 Å². The van der Waals surface area contributed by atoms with Gasteiger partial charge in [-0.2, -0.15) is 0 Å². The maximum absolute atomic E-state index is 12.8. The van der Waals surface area contributed by atoms with Gasteiger partial charge in [-0.25, -0.2) is 4.79 Å². The minimum Gasteiger partial charge on any atom is -0.480 e. The summed E-state index contributed by atoms with van der Waals surface area (Å²) >= 11 is 0. The van der Waals surface area contributed by atoms with Gasteiger partial charge in [-0.1, -0.05) is 78.9 Å². The number of nitrogens with one attached hydrogen (secondary N) is 2. The normalized spacial score (nSPS) is 13.7. The van der Waals surface area contributed by atoms with E-state index in [2.05, 4.69) is 22.8 Å². The number of carboxylic acids is 1. The van der Waals surface area contributed by atoms with Gasteiger partial charge in [0.1, 0.15) is 18.7 Å². The lowest BCUT2D eigenvalue weighted by molar-refractivity contribution is -0.141. The minimum atomic E-state index is -1.15. The van der Waals surface area contributed by atoms with Gasteiger partial charge in [-0.15, -0.1) is 0 Å². The molecule has 0 aromatic heterocycles. The molecule has 0 radical (unpaired) electrons. The largest absolute Gasteiger partial charge is 0.480 e. The standard InChI is InChI=1S/C28H28N2O5/c1-18(27(32)33)29-26(31)25(16-15-19-9-3-2-4-10-19)30-28(34)35-17-24-22-13-7-5-11-20(22)21-12-6-8-14-23(21)24/h2-14,18,24-25H,15-17H2,1H3,(H,29,31)(H,30,34)(H,32,33)/t18-,25?/m1/s1. The Morgan fingerprint density at radius 1 is 0.857 bits per heavy atom. The van der Waals surface area contributed by atoms with Gasteiger partial charge in [0.25, 0.3) is 0 Å². The van der Waals surface area contributed by atoms with E-state index in [0.29, 0.717) is 12.8 Å². The average Bonchev–Trinajstić information content (AvgIpc) is 3.19. The Morgan fingerprint density at radius 3 is 2.03 bits per heavy atom. The SMILES string of the molecule is C[C@@H](NC(=O)C(CCc1ccccc1)NC(=O)OCC1c2ccccc2-c2ccccc21)C(=O)O. The highest BCUT2D eigenvalue weighted by molar-refractivity contribution is 5.89. The number of carbonyl (C=O) groups excluding carboxylic acids is 2. The molecule has 0 spiro atoms. The highest BCUT2D eigenvalue weighted by Gasteiger charge is 2.30. The van der Waals surface area contributed by atoms with Crippen molar-refractivity contribution >= 4 is 18.0 Å². The fraction of sp³-hybridized carbons (Fsp3) is 0.250. The number of rotatable bonds is 9.